The van der Waals surface area contributed by atoms with Crippen LogP contribution in [0.3, 0.4) is 0 Å². The molecule has 5 heteroatoms. The first-order valence-corrected chi connectivity index (χ1v) is 7.54. The number of benzene rings is 1. The quantitative estimate of drug-likeness (QED) is 0.705. The fourth-order valence-electron chi connectivity index (χ4n) is 2.77. The summed E-state index contributed by atoms with van der Waals surface area (Å²) in [5.74, 6) is 1.05. The normalized spacial score (nSPS) is 21.2. The lowest BCUT2D eigenvalue weighted by molar-refractivity contribution is -0.122. The molecule has 0 aliphatic heterocycles. The maximum atomic E-state index is 12.0. The van der Waals surface area contributed by atoms with E-state index in [0.717, 1.165) is 24.8 Å². The van der Waals surface area contributed by atoms with Crippen molar-refractivity contribution in [1.29, 1.82) is 0 Å². The van der Waals surface area contributed by atoms with Gasteiger partial charge in [0.05, 0.1) is 6.61 Å². The first-order valence-electron chi connectivity index (χ1n) is 7.54. The Morgan fingerprint density at radius 1 is 1.38 bits per heavy atom. The van der Waals surface area contributed by atoms with Crippen molar-refractivity contribution in [3.8, 4) is 5.75 Å². The first-order chi connectivity index (χ1) is 10.2. The van der Waals surface area contributed by atoms with Gasteiger partial charge in [0.2, 0.25) is 5.91 Å². The Bertz CT molecular complexity index is 465. The second-order valence-electron chi connectivity index (χ2n) is 5.52. The van der Waals surface area contributed by atoms with Crippen LogP contribution in [0.5, 0.6) is 5.75 Å². The molecule has 0 saturated heterocycles. The fourth-order valence-corrected chi connectivity index (χ4v) is 2.77. The molecule has 1 aromatic rings. The Labute approximate surface area is 125 Å². The molecule has 1 amide bonds. The molecule has 116 valence electrons. The molecule has 1 aromatic carbocycles. The van der Waals surface area contributed by atoms with Crippen LogP contribution in [-0.4, -0.2) is 30.3 Å². The summed E-state index contributed by atoms with van der Waals surface area (Å²) in [7, 11) is 0. The second-order valence-corrected chi connectivity index (χ2v) is 5.52. The van der Waals surface area contributed by atoms with E-state index in [1.54, 1.807) is 0 Å². The van der Waals surface area contributed by atoms with Gasteiger partial charge in [0, 0.05) is 24.6 Å². The molecule has 0 aromatic heterocycles. The fraction of sp³-hybridized carbons (Fsp3) is 0.562. The molecule has 0 bridgehead atoms. The number of amides is 1. The first kappa shape index (κ1) is 15.8. The summed E-state index contributed by atoms with van der Waals surface area (Å²) in [5.41, 5.74) is 6.90. The smallest absolute Gasteiger partial charge is 0.220 e. The average Bonchev–Trinajstić information content (AvgIpc) is 2.89. The van der Waals surface area contributed by atoms with Crippen LogP contribution >= 0.6 is 0 Å². The molecule has 0 radical (unpaired) electrons. The largest absolute Gasteiger partial charge is 0.491 e. The van der Waals surface area contributed by atoms with Crippen molar-refractivity contribution in [2.24, 2.45) is 11.7 Å². The van der Waals surface area contributed by atoms with E-state index in [4.69, 9.17) is 15.6 Å². The predicted molar refractivity (Wildman–Crippen MR) is 80.8 cm³/mol. The predicted octanol–water partition coefficient (Wildman–Crippen LogP) is 1.19. The van der Waals surface area contributed by atoms with Gasteiger partial charge in [-0.25, -0.2) is 0 Å². The Hall–Kier alpha value is -1.59. The van der Waals surface area contributed by atoms with Crippen molar-refractivity contribution in [2.75, 3.05) is 13.2 Å². The highest BCUT2D eigenvalue weighted by molar-refractivity contribution is 5.76. The summed E-state index contributed by atoms with van der Waals surface area (Å²) in [6.45, 7) is 0.657. The molecular formula is C16H24N2O3. The molecule has 0 unspecified atom stereocenters. The van der Waals surface area contributed by atoms with E-state index in [1.807, 2.05) is 24.3 Å². The molecule has 4 N–H and O–H groups in total. The number of carbonyl (C=O) groups excluding carboxylic acids is 1. The van der Waals surface area contributed by atoms with Crippen LogP contribution in [-0.2, 0) is 11.3 Å². The van der Waals surface area contributed by atoms with Gasteiger partial charge < -0.3 is 20.9 Å². The summed E-state index contributed by atoms with van der Waals surface area (Å²) in [6, 6.07) is 7.68. The highest BCUT2D eigenvalue weighted by atomic mass is 16.5. The number of para-hydroxylation sites is 1. The number of carbonyl (C=O) groups is 1. The molecule has 0 heterocycles. The zero-order chi connectivity index (χ0) is 15.1. The van der Waals surface area contributed by atoms with Crippen LogP contribution in [0.25, 0.3) is 0 Å². The molecule has 21 heavy (non-hydrogen) atoms. The van der Waals surface area contributed by atoms with Gasteiger partial charge >= 0.3 is 0 Å². The molecule has 2 atom stereocenters. The van der Waals surface area contributed by atoms with Crippen molar-refractivity contribution in [2.45, 2.75) is 38.3 Å². The van der Waals surface area contributed by atoms with Gasteiger partial charge in [0.1, 0.15) is 12.4 Å². The molecule has 1 fully saturated rings. The van der Waals surface area contributed by atoms with E-state index in [9.17, 15) is 4.79 Å². The topological polar surface area (TPSA) is 84.6 Å². The van der Waals surface area contributed by atoms with Crippen LogP contribution in [0.4, 0.5) is 0 Å². The SMILES string of the molecule is N[C@@H]1CCC[C@H]1CC(=O)NCc1ccccc1OCCO. The number of aliphatic hydroxyl groups excluding tert-OH is 1. The van der Waals surface area contributed by atoms with Crippen LogP contribution in [0.1, 0.15) is 31.2 Å². The monoisotopic (exact) mass is 292 g/mol. The van der Waals surface area contributed by atoms with Gasteiger partial charge in [-0.15, -0.1) is 0 Å². The average molecular weight is 292 g/mol. The van der Waals surface area contributed by atoms with Crippen molar-refractivity contribution < 1.29 is 14.6 Å². The van der Waals surface area contributed by atoms with Crippen LogP contribution in [0.2, 0.25) is 0 Å². The van der Waals surface area contributed by atoms with Gasteiger partial charge in [-0.1, -0.05) is 24.6 Å². The highest BCUT2D eigenvalue weighted by Crippen LogP contribution is 2.26. The third kappa shape index (κ3) is 4.72. The van der Waals surface area contributed by atoms with E-state index in [0.29, 0.717) is 24.6 Å². The second kappa shape index (κ2) is 8.00. The Balaban J connectivity index is 1.83. The highest BCUT2D eigenvalue weighted by Gasteiger charge is 2.25. The lowest BCUT2D eigenvalue weighted by Crippen LogP contribution is -2.31. The van der Waals surface area contributed by atoms with Gasteiger partial charge in [-0.3, -0.25) is 4.79 Å². The van der Waals surface area contributed by atoms with Gasteiger partial charge in [0.15, 0.2) is 0 Å². The van der Waals surface area contributed by atoms with Crippen LogP contribution in [0, 0.1) is 5.92 Å². The zero-order valence-electron chi connectivity index (χ0n) is 12.3. The summed E-state index contributed by atoms with van der Waals surface area (Å²) in [5, 5.41) is 11.7. The Morgan fingerprint density at radius 3 is 2.90 bits per heavy atom. The lowest BCUT2D eigenvalue weighted by atomic mass is 10.00. The number of nitrogens with one attached hydrogen (secondary N) is 1. The number of hydrogen-bond acceptors (Lipinski definition) is 4. The molecule has 0 spiro atoms. The standard InChI is InChI=1S/C16H24N2O3/c17-14-6-3-5-12(14)10-16(20)18-11-13-4-1-2-7-15(13)21-9-8-19/h1-2,4,7,12,14,19H,3,5-6,8-11,17H2,(H,18,20)/t12-,14+/m0/s1. The minimum absolute atomic E-state index is 0.0275. The van der Waals surface area contributed by atoms with E-state index in [1.165, 1.54) is 0 Å². The number of hydrogen-bond donors (Lipinski definition) is 3. The third-order valence-corrected chi connectivity index (χ3v) is 3.96. The molecule has 2 rings (SSSR count). The number of aliphatic hydroxyl groups is 1. The maximum Gasteiger partial charge on any atom is 0.220 e. The number of rotatable bonds is 7. The summed E-state index contributed by atoms with van der Waals surface area (Å²) < 4.78 is 5.45. The Kier molecular flexibility index (Phi) is 6.02. The Morgan fingerprint density at radius 2 is 2.19 bits per heavy atom. The van der Waals surface area contributed by atoms with E-state index >= 15 is 0 Å². The maximum absolute atomic E-state index is 12.0. The van der Waals surface area contributed by atoms with Crippen LogP contribution in [0.15, 0.2) is 24.3 Å². The van der Waals surface area contributed by atoms with E-state index < -0.39 is 0 Å². The number of nitrogens with two attached hydrogens (primary N) is 1. The van der Waals surface area contributed by atoms with Crippen LogP contribution < -0.4 is 15.8 Å². The minimum atomic E-state index is -0.0275. The van der Waals surface area contributed by atoms with Crippen molar-refractivity contribution in [1.82, 2.24) is 5.32 Å². The molecule has 1 aliphatic carbocycles. The minimum Gasteiger partial charge on any atom is -0.491 e. The number of ether oxygens (including phenoxy) is 1. The zero-order valence-corrected chi connectivity index (χ0v) is 12.3. The molecular weight excluding hydrogens is 268 g/mol. The van der Waals surface area contributed by atoms with Crippen molar-refractivity contribution in [3.05, 3.63) is 29.8 Å². The summed E-state index contributed by atoms with van der Waals surface area (Å²) in [6.07, 6.45) is 3.69. The summed E-state index contributed by atoms with van der Waals surface area (Å²) in [4.78, 5) is 12.0. The van der Waals surface area contributed by atoms with E-state index in [2.05, 4.69) is 5.32 Å². The summed E-state index contributed by atoms with van der Waals surface area (Å²) >= 11 is 0. The molecule has 1 saturated carbocycles. The van der Waals surface area contributed by atoms with E-state index in [-0.39, 0.29) is 25.2 Å². The van der Waals surface area contributed by atoms with Gasteiger partial charge in [0.25, 0.3) is 0 Å². The van der Waals surface area contributed by atoms with Gasteiger partial charge in [-0.05, 0) is 24.8 Å². The lowest BCUT2D eigenvalue weighted by Gasteiger charge is -2.15. The third-order valence-electron chi connectivity index (χ3n) is 3.96. The van der Waals surface area contributed by atoms with Gasteiger partial charge in [-0.2, -0.15) is 0 Å². The molecule has 1 aliphatic rings. The van der Waals surface area contributed by atoms with Crippen molar-refractivity contribution in [3.63, 3.8) is 0 Å². The molecule has 5 nitrogen and oxygen atoms in total. The van der Waals surface area contributed by atoms with Crippen molar-refractivity contribution >= 4 is 5.91 Å².